The number of aryl methyl sites for hydroxylation is 5. The van der Waals surface area contributed by atoms with E-state index >= 15 is 0 Å². The fourth-order valence-corrected chi connectivity index (χ4v) is 12.5. The second kappa shape index (κ2) is 44.3. The fraction of sp³-hybridized carbons (Fsp3) is 0.462. The van der Waals surface area contributed by atoms with E-state index in [0.717, 1.165) is 130 Å². The first-order chi connectivity index (χ1) is 58.3. The quantitative estimate of drug-likeness (QED) is 0.0193. The minimum Gasteiger partial charge on any atom is -0.496 e. The molecule has 664 valence electrons. The molecule has 0 aliphatic heterocycles. The molecule has 0 amide bonds. The second-order valence-corrected chi connectivity index (χ2v) is 33.6. The molecule has 5 aromatic carbocycles. The van der Waals surface area contributed by atoms with Crippen molar-refractivity contribution in [2.75, 3.05) is 104 Å². The van der Waals surface area contributed by atoms with Crippen molar-refractivity contribution in [3.8, 4) is 86.2 Å². The molecule has 15 N–H and O–H groups in total. The van der Waals surface area contributed by atoms with E-state index in [9.17, 15) is 0 Å². The lowest BCUT2D eigenvalue weighted by atomic mass is 9.93. The zero-order chi connectivity index (χ0) is 90.3. The molecule has 0 spiro atoms. The maximum absolute atomic E-state index is 6.08. The van der Waals surface area contributed by atoms with Gasteiger partial charge < -0.3 is 103 Å². The van der Waals surface area contributed by atoms with E-state index in [1.807, 2.05) is 85.7 Å². The van der Waals surface area contributed by atoms with Crippen LogP contribution >= 0.6 is 0 Å². The van der Waals surface area contributed by atoms with Crippen molar-refractivity contribution in [1.29, 1.82) is 0 Å². The average Bonchev–Trinajstić information content (AvgIpc) is 1.12. The van der Waals surface area contributed by atoms with Crippen molar-refractivity contribution < 1.29 is 47.4 Å². The predicted molar refractivity (Wildman–Crippen MR) is 495 cm³/mol. The molecule has 0 saturated heterocycles. The summed E-state index contributed by atoms with van der Waals surface area (Å²) in [6.45, 7) is 45.3. The summed E-state index contributed by atoms with van der Waals surface area (Å²) in [5.74, 6) is 15.7. The van der Waals surface area contributed by atoms with Crippen molar-refractivity contribution in [3.63, 3.8) is 0 Å². The Labute approximate surface area is 726 Å². The number of hydrogen-bond donors (Lipinski definition) is 10. The maximum Gasteiger partial charge on any atom is 0.225 e. The largest absolute Gasteiger partial charge is 0.496 e. The monoisotopic (exact) mass is 1690 g/mol. The number of ether oxygens (including phenoxy) is 10. The topological polar surface area (TPSA) is 411 Å². The molecular formula is C93H132N20O10. The van der Waals surface area contributed by atoms with Crippen molar-refractivity contribution in [2.24, 2.45) is 5.92 Å². The minimum absolute atomic E-state index is 0.149. The van der Waals surface area contributed by atoms with Crippen LogP contribution in [0.15, 0.2) is 91.6 Å². The van der Waals surface area contributed by atoms with Crippen LogP contribution in [0, 0.1) is 40.5 Å². The van der Waals surface area contributed by atoms with Gasteiger partial charge in [-0.3, -0.25) is 0 Å². The zero-order valence-electron chi connectivity index (χ0n) is 76.9. The van der Waals surface area contributed by atoms with Crippen LogP contribution in [-0.4, -0.2) is 116 Å². The normalized spacial score (nSPS) is 12.3. The summed E-state index contributed by atoms with van der Waals surface area (Å²) in [4.78, 5) is 42.9. The van der Waals surface area contributed by atoms with E-state index < -0.39 is 0 Å². The first-order valence-electron chi connectivity index (χ1n) is 42.1. The Balaban J connectivity index is 0.000000191. The van der Waals surface area contributed by atoms with Gasteiger partial charge in [0.25, 0.3) is 0 Å². The van der Waals surface area contributed by atoms with Crippen molar-refractivity contribution in [1.82, 2.24) is 49.8 Å². The molecule has 10 aromatic rings. The number of benzene rings is 5. The highest BCUT2D eigenvalue weighted by atomic mass is 16.5. The van der Waals surface area contributed by atoms with Gasteiger partial charge in [0.15, 0.2) is 57.8 Å². The van der Waals surface area contributed by atoms with Crippen LogP contribution in [0.3, 0.4) is 0 Å². The van der Waals surface area contributed by atoms with E-state index in [0.29, 0.717) is 158 Å². The highest BCUT2D eigenvalue weighted by Gasteiger charge is 2.26. The van der Waals surface area contributed by atoms with Gasteiger partial charge in [-0.25, -0.2) is 24.9 Å². The van der Waals surface area contributed by atoms with Gasteiger partial charge in [0, 0.05) is 61.0 Å². The molecule has 5 heterocycles. The molecule has 2 fully saturated rings. The molecule has 0 radical (unpaired) electrons. The van der Waals surface area contributed by atoms with Crippen molar-refractivity contribution >= 4 is 58.8 Å². The van der Waals surface area contributed by atoms with Crippen LogP contribution in [-0.2, 0) is 0 Å². The molecule has 30 nitrogen and oxygen atoms in total. The third-order valence-electron chi connectivity index (χ3n) is 19.8. The number of hydrogen-bond acceptors (Lipinski definition) is 30. The SMILES string of the molecule is CCCNc1ncc(Oc2cc(OC)c(C)cc2C(C)C)c(N)n1.COc1cc(Oc2cnc(NC(C)(C)C)nc2N)c(C(C)C)cc1C.COc1cc(Oc2cnc(NC3CC3)nc2N)c(C(C)C)cc1C.COc1cc(Oc2cnc(NC3CCC3)nc2N)c(C(C)C)cc1C.COc1cc(Oc2cnc(NCC(C)C)nc2N)c(C(C)C)cc1C. The predicted octanol–water partition coefficient (Wildman–Crippen LogP) is 21.1. The van der Waals surface area contributed by atoms with Crippen LogP contribution in [0.1, 0.15) is 235 Å². The van der Waals surface area contributed by atoms with Crippen molar-refractivity contribution in [3.05, 3.63) is 147 Å². The summed E-state index contributed by atoms with van der Waals surface area (Å²) in [6.07, 6.45) is 14.9. The molecular weight excluding hydrogens is 1560 g/mol. The number of nitrogens with two attached hydrogens (primary N) is 5. The van der Waals surface area contributed by atoms with Gasteiger partial charge in [0.1, 0.15) is 57.5 Å². The number of methoxy groups -OCH3 is 5. The smallest absolute Gasteiger partial charge is 0.225 e. The maximum atomic E-state index is 6.08. The van der Waals surface area contributed by atoms with Gasteiger partial charge >= 0.3 is 0 Å². The molecule has 123 heavy (non-hydrogen) atoms. The Bertz CT molecular complexity index is 5150. The Morgan fingerprint density at radius 1 is 0.333 bits per heavy atom. The number of nitrogen functional groups attached to an aromatic ring is 5. The third-order valence-corrected chi connectivity index (χ3v) is 19.8. The van der Waals surface area contributed by atoms with E-state index in [4.69, 9.17) is 76.0 Å². The van der Waals surface area contributed by atoms with E-state index in [2.05, 4.69) is 197 Å². The molecule has 5 aromatic heterocycles. The van der Waals surface area contributed by atoms with Gasteiger partial charge in [-0.2, -0.15) is 24.9 Å². The van der Waals surface area contributed by atoms with E-state index in [1.54, 1.807) is 66.5 Å². The van der Waals surface area contributed by atoms with Crippen LogP contribution in [0.4, 0.5) is 58.8 Å². The van der Waals surface area contributed by atoms with E-state index in [-0.39, 0.29) is 11.4 Å². The van der Waals surface area contributed by atoms with Crippen LogP contribution < -0.4 is 103 Å². The van der Waals surface area contributed by atoms with Gasteiger partial charge in [0.2, 0.25) is 29.7 Å². The zero-order valence-corrected chi connectivity index (χ0v) is 76.9. The van der Waals surface area contributed by atoms with Gasteiger partial charge in [-0.1, -0.05) is 90.0 Å². The van der Waals surface area contributed by atoms with Crippen LogP contribution in [0.2, 0.25) is 0 Å². The second-order valence-electron chi connectivity index (χ2n) is 33.6. The number of anilines is 10. The number of rotatable bonds is 31. The third kappa shape index (κ3) is 27.8. The molecule has 2 aliphatic carbocycles. The summed E-state index contributed by atoms with van der Waals surface area (Å²) in [5, 5.41) is 16.0. The van der Waals surface area contributed by atoms with Crippen LogP contribution in [0.5, 0.6) is 86.2 Å². The molecule has 0 atom stereocenters. The van der Waals surface area contributed by atoms with Gasteiger partial charge in [-0.05, 0) is 215 Å². The van der Waals surface area contributed by atoms with Gasteiger partial charge in [0.05, 0.1) is 66.5 Å². The Morgan fingerprint density at radius 2 is 0.577 bits per heavy atom. The molecule has 2 aliphatic rings. The molecule has 30 heteroatoms. The summed E-state index contributed by atoms with van der Waals surface area (Å²) >= 11 is 0. The molecule has 0 bridgehead atoms. The van der Waals surface area contributed by atoms with E-state index in [1.165, 1.54) is 6.42 Å². The van der Waals surface area contributed by atoms with Crippen LogP contribution in [0.25, 0.3) is 0 Å². The van der Waals surface area contributed by atoms with Gasteiger partial charge in [-0.15, -0.1) is 0 Å². The fourth-order valence-electron chi connectivity index (χ4n) is 12.5. The molecule has 0 unspecified atom stereocenters. The number of nitrogens with zero attached hydrogens (tertiary/aromatic N) is 10. The summed E-state index contributed by atoms with van der Waals surface area (Å²) in [7, 11) is 8.24. The summed E-state index contributed by atoms with van der Waals surface area (Å²) in [6, 6.07) is 20.8. The number of aromatic nitrogens is 10. The van der Waals surface area contributed by atoms with Crippen molar-refractivity contribution in [2.45, 2.75) is 231 Å². The highest BCUT2D eigenvalue weighted by Crippen LogP contribution is 2.44. The first-order valence-corrected chi connectivity index (χ1v) is 42.1. The average molecular weight is 1690 g/mol. The lowest BCUT2D eigenvalue weighted by molar-refractivity contribution is 0.404. The lowest BCUT2D eigenvalue weighted by Gasteiger charge is -2.26. The molecule has 2 saturated carbocycles. The number of nitrogens with one attached hydrogen (secondary N) is 5. The summed E-state index contributed by atoms with van der Waals surface area (Å²) < 4.78 is 57.1. The minimum atomic E-state index is -0.149. The summed E-state index contributed by atoms with van der Waals surface area (Å²) in [5.41, 5.74) is 40.9. The Hall–Kier alpha value is -12.5. The standard InChI is InChI=1S/C19H26N4O2.2C19H28N4O2.C18H24N4O2.C18H26N4O2/c1-11(2)14-8-12(3)15(24-4)9-16(14)25-17-10-21-19(23-18(17)20)22-13-6-5-7-13;1-11(2)13-8-12(3)14(24-7)9-15(13)25-16-10-21-18(22-17(16)20)23-19(4,5)6;1-11(2)9-21-19-22-10-17(18(20)23-19)25-16-8-15(24-6)13(5)7-14(16)12(3)4;1-10(2)13-7-11(3)14(23-4)8-15(13)24-16-9-20-18(22-17(16)19)21-12-5-6-12;1-6-7-20-18-21-10-16(17(19)22-18)24-15-9-14(23-5)12(4)8-13(15)11(2)3/h8-11,13H,5-7H2,1-4H3,(H3,20,21,22,23);8-11H,1-7H3,(H3,20,21,22,23);7-8,10-12H,9H2,1-6H3,(H3,20,21,22,23);7-10,12H,5-6H2,1-4H3,(H3,19,20,21,22);8-11H,6-7H2,1-5H3,(H3,19,20,21,22). The first kappa shape index (κ1) is 96.0. The highest BCUT2D eigenvalue weighted by molar-refractivity contribution is 5.60. The lowest BCUT2D eigenvalue weighted by Crippen LogP contribution is -2.28. The Kier molecular flexibility index (Phi) is 34.6. The Morgan fingerprint density at radius 3 is 0.797 bits per heavy atom. The molecule has 12 rings (SSSR count).